The lowest BCUT2D eigenvalue weighted by Gasteiger charge is -2.05. The van der Waals surface area contributed by atoms with Gasteiger partial charge >= 0.3 is 5.69 Å². The minimum absolute atomic E-state index is 0.0565. The smallest absolute Gasteiger partial charge is 0.311 e. The molecule has 8 heteroatoms. The third kappa shape index (κ3) is 3.54. The van der Waals surface area contributed by atoms with Gasteiger partial charge in [-0.05, 0) is 11.6 Å². The van der Waals surface area contributed by atoms with Gasteiger partial charge in [-0.15, -0.1) is 0 Å². The van der Waals surface area contributed by atoms with E-state index in [1.165, 1.54) is 12.1 Å². The zero-order valence-corrected chi connectivity index (χ0v) is 11.6. The summed E-state index contributed by atoms with van der Waals surface area (Å²) >= 11 is 0. The standard InChI is InChI=1S/C13H15N3O5/c1-8(2)13-14-12(21-15-13)7-20-11-4-3-9(6-17)5-10(11)16(18)19/h3-5,8,17H,6-7H2,1-2H3. The highest BCUT2D eigenvalue weighted by atomic mass is 16.6. The van der Waals surface area contributed by atoms with E-state index in [1.807, 2.05) is 13.8 Å². The van der Waals surface area contributed by atoms with Gasteiger partial charge in [0.25, 0.3) is 5.89 Å². The molecule has 1 N–H and O–H groups in total. The molecule has 112 valence electrons. The summed E-state index contributed by atoms with van der Waals surface area (Å²) in [5.74, 6) is 1.01. The number of nitro groups is 1. The van der Waals surface area contributed by atoms with Crippen molar-refractivity contribution in [3.8, 4) is 5.75 Å². The molecule has 0 fully saturated rings. The summed E-state index contributed by atoms with van der Waals surface area (Å²) in [6.45, 7) is 3.52. The van der Waals surface area contributed by atoms with Crippen molar-refractivity contribution in [3.63, 3.8) is 0 Å². The van der Waals surface area contributed by atoms with Gasteiger partial charge in [0.1, 0.15) is 0 Å². The number of benzene rings is 1. The molecule has 0 aliphatic heterocycles. The number of aromatic nitrogens is 2. The molecule has 0 atom stereocenters. The van der Waals surface area contributed by atoms with E-state index < -0.39 is 4.92 Å². The quantitative estimate of drug-likeness (QED) is 0.641. The van der Waals surface area contributed by atoms with Crippen LogP contribution < -0.4 is 4.74 Å². The lowest BCUT2D eigenvalue weighted by molar-refractivity contribution is -0.386. The first-order valence-corrected chi connectivity index (χ1v) is 6.34. The normalized spacial score (nSPS) is 10.9. The maximum atomic E-state index is 11.0. The fourth-order valence-corrected chi connectivity index (χ4v) is 1.63. The summed E-state index contributed by atoms with van der Waals surface area (Å²) in [6, 6.07) is 4.25. The predicted molar refractivity (Wildman–Crippen MR) is 71.7 cm³/mol. The highest BCUT2D eigenvalue weighted by Crippen LogP contribution is 2.28. The van der Waals surface area contributed by atoms with Crippen LogP contribution in [-0.4, -0.2) is 20.2 Å². The first-order chi connectivity index (χ1) is 10.0. The molecular weight excluding hydrogens is 278 g/mol. The maximum Gasteiger partial charge on any atom is 0.311 e. The number of nitrogens with zero attached hydrogens (tertiary/aromatic N) is 3. The van der Waals surface area contributed by atoms with E-state index in [-0.39, 0.29) is 36.5 Å². The first kappa shape index (κ1) is 14.9. The SMILES string of the molecule is CC(C)c1noc(COc2ccc(CO)cc2[N+](=O)[O-])n1. The zero-order valence-electron chi connectivity index (χ0n) is 11.6. The molecule has 0 unspecified atom stereocenters. The van der Waals surface area contributed by atoms with Crippen LogP contribution in [0.2, 0.25) is 0 Å². The van der Waals surface area contributed by atoms with Crippen LogP contribution in [0.1, 0.15) is 37.0 Å². The van der Waals surface area contributed by atoms with Crippen molar-refractivity contribution >= 4 is 5.69 Å². The van der Waals surface area contributed by atoms with Gasteiger partial charge in [-0.2, -0.15) is 4.98 Å². The fraction of sp³-hybridized carbons (Fsp3) is 0.385. The molecule has 0 radical (unpaired) electrons. The van der Waals surface area contributed by atoms with Gasteiger partial charge in [0, 0.05) is 12.0 Å². The van der Waals surface area contributed by atoms with Crippen molar-refractivity contribution in [1.29, 1.82) is 0 Å². The van der Waals surface area contributed by atoms with Gasteiger partial charge in [-0.3, -0.25) is 10.1 Å². The van der Waals surface area contributed by atoms with E-state index >= 15 is 0 Å². The summed E-state index contributed by atoms with van der Waals surface area (Å²) in [7, 11) is 0. The third-order valence-electron chi connectivity index (χ3n) is 2.75. The summed E-state index contributed by atoms with van der Waals surface area (Å²) in [5.41, 5.74) is 0.221. The Labute approximate surface area is 120 Å². The van der Waals surface area contributed by atoms with Crippen LogP contribution in [0.3, 0.4) is 0 Å². The number of aliphatic hydroxyl groups excluding tert-OH is 1. The van der Waals surface area contributed by atoms with Gasteiger partial charge in [0.15, 0.2) is 18.2 Å². The minimum Gasteiger partial charge on any atom is -0.477 e. The fourth-order valence-electron chi connectivity index (χ4n) is 1.63. The number of hydrogen-bond donors (Lipinski definition) is 1. The summed E-state index contributed by atoms with van der Waals surface area (Å²) < 4.78 is 10.4. The van der Waals surface area contributed by atoms with Crippen molar-refractivity contribution in [2.24, 2.45) is 0 Å². The molecule has 1 aromatic heterocycles. The van der Waals surface area contributed by atoms with Gasteiger partial charge in [0.2, 0.25) is 0 Å². The highest BCUT2D eigenvalue weighted by Gasteiger charge is 2.17. The van der Waals surface area contributed by atoms with Crippen LogP contribution in [-0.2, 0) is 13.2 Å². The van der Waals surface area contributed by atoms with Gasteiger partial charge in [-0.25, -0.2) is 0 Å². The molecule has 0 bridgehead atoms. The van der Waals surface area contributed by atoms with Crippen LogP contribution in [0.5, 0.6) is 5.75 Å². The predicted octanol–water partition coefficient (Wildman–Crippen LogP) is 2.17. The van der Waals surface area contributed by atoms with E-state index in [9.17, 15) is 10.1 Å². The number of nitro benzene ring substituents is 1. The van der Waals surface area contributed by atoms with Crippen molar-refractivity contribution in [3.05, 3.63) is 45.6 Å². The number of ether oxygens (including phenoxy) is 1. The molecule has 0 aliphatic rings. The summed E-state index contributed by atoms with van der Waals surface area (Å²) in [6.07, 6.45) is 0. The van der Waals surface area contributed by atoms with Crippen LogP contribution in [0.15, 0.2) is 22.7 Å². The Bertz CT molecular complexity index is 638. The molecule has 0 amide bonds. The molecule has 1 aromatic carbocycles. The summed E-state index contributed by atoms with van der Waals surface area (Å²) in [5, 5.41) is 23.8. The minimum atomic E-state index is -0.568. The van der Waals surface area contributed by atoms with Crippen molar-refractivity contribution in [1.82, 2.24) is 10.1 Å². The lowest BCUT2D eigenvalue weighted by Crippen LogP contribution is -2.01. The van der Waals surface area contributed by atoms with Crippen molar-refractivity contribution < 1.29 is 19.3 Å². The van der Waals surface area contributed by atoms with E-state index in [0.717, 1.165) is 0 Å². The Morgan fingerprint density at radius 3 is 2.81 bits per heavy atom. The highest BCUT2D eigenvalue weighted by molar-refractivity contribution is 5.48. The van der Waals surface area contributed by atoms with Crippen LogP contribution in [0.25, 0.3) is 0 Å². The van der Waals surface area contributed by atoms with Crippen molar-refractivity contribution in [2.75, 3.05) is 0 Å². The molecule has 1 heterocycles. The Morgan fingerprint density at radius 1 is 1.48 bits per heavy atom. The maximum absolute atomic E-state index is 11.0. The second kappa shape index (κ2) is 6.31. The topological polar surface area (TPSA) is 112 Å². The molecule has 0 saturated heterocycles. The molecule has 0 spiro atoms. The average molecular weight is 293 g/mol. The summed E-state index contributed by atoms with van der Waals surface area (Å²) in [4.78, 5) is 14.5. The van der Waals surface area contributed by atoms with E-state index in [1.54, 1.807) is 6.07 Å². The third-order valence-corrected chi connectivity index (χ3v) is 2.75. The Hall–Kier alpha value is -2.48. The molecule has 2 rings (SSSR count). The monoisotopic (exact) mass is 293 g/mol. The number of hydrogen-bond acceptors (Lipinski definition) is 7. The second-order valence-corrected chi connectivity index (χ2v) is 4.71. The van der Waals surface area contributed by atoms with Crippen molar-refractivity contribution in [2.45, 2.75) is 33.0 Å². The van der Waals surface area contributed by atoms with Crippen LogP contribution in [0, 0.1) is 10.1 Å². The van der Waals surface area contributed by atoms with Gasteiger partial charge in [-0.1, -0.05) is 25.1 Å². The van der Waals surface area contributed by atoms with Gasteiger partial charge < -0.3 is 14.4 Å². The molecule has 8 nitrogen and oxygen atoms in total. The lowest BCUT2D eigenvalue weighted by atomic mass is 10.2. The molecule has 21 heavy (non-hydrogen) atoms. The molecule has 0 aliphatic carbocycles. The van der Waals surface area contributed by atoms with Crippen LogP contribution >= 0.6 is 0 Å². The van der Waals surface area contributed by atoms with E-state index in [4.69, 9.17) is 14.4 Å². The second-order valence-electron chi connectivity index (χ2n) is 4.71. The van der Waals surface area contributed by atoms with Gasteiger partial charge in [0.05, 0.1) is 11.5 Å². The van der Waals surface area contributed by atoms with E-state index in [0.29, 0.717) is 11.4 Å². The Balaban J connectivity index is 2.13. The van der Waals surface area contributed by atoms with E-state index in [2.05, 4.69) is 10.1 Å². The number of rotatable bonds is 6. The average Bonchev–Trinajstić information content (AvgIpc) is 2.94. The Morgan fingerprint density at radius 2 is 2.24 bits per heavy atom. The zero-order chi connectivity index (χ0) is 15.4. The molecular formula is C13H15N3O5. The largest absolute Gasteiger partial charge is 0.477 e. The Kier molecular flexibility index (Phi) is 4.49. The molecule has 2 aromatic rings. The molecule has 0 saturated carbocycles. The number of aliphatic hydroxyl groups is 1. The van der Waals surface area contributed by atoms with Crippen LogP contribution in [0.4, 0.5) is 5.69 Å². The first-order valence-electron chi connectivity index (χ1n) is 6.34.